The van der Waals surface area contributed by atoms with Gasteiger partial charge in [0.2, 0.25) is 5.91 Å². The Morgan fingerprint density at radius 2 is 2.36 bits per heavy atom. The van der Waals surface area contributed by atoms with Gasteiger partial charge in [-0.1, -0.05) is 13.0 Å². The van der Waals surface area contributed by atoms with E-state index < -0.39 is 0 Å². The SMILES string of the molecule is CCC(=O)N(C)[C@H](C)c1cccnc1. The Morgan fingerprint density at radius 1 is 1.64 bits per heavy atom. The zero-order valence-corrected chi connectivity index (χ0v) is 8.90. The lowest BCUT2D eigenvalue weighted by atomic mass is 10.1. The fourth-order valence-corrected chi connectivity index (χ4v) is 1.31. The van der Waals surface area contributed by atoms with E-state index in [0.717, 1.165) is 5.56 Å². The molecule has 1 rings (SSSR count). The Labute approximate surface area is 84.8 Å². The van der Waals surface area contributed by atoms with Gasteiger partial charge in [0.1, 0.15) is 0 Å². The Morgan fingerprint density at radius 3 is 2.86 bits per heavy atom. The van der Waals surface area contributed by atoms with Gasteiger partial charge >= 0.3 is 0 Å². The Balaban J connectivity index is 2.75. The topological polar surface area (TPSA) is 33.2 Å². The van der Waals surface area contributed by atoms with E-state index in [-0.39, 0.29) is 11.9 Å². The summed E-state index contributed by atoms with van der Waals surface area (Å²) in [6.45, 7) is 3.87. The Hall–Kier alpha value is -1.38. The summed E-state index contributed by atoms with van der Waals surface area (Å²) < 4.78 is 0. The molecule has 14 heavy (non-hydrogen) atoms. The lowest BCUT2D eigenvalue weighted by Crippen LogP contribution is -2.28. The highest BCUT2D eigenvalue weighted by molar-refractivity contribution is 5.75. The van der Waals surface area contributed by atoms with E-state index >= 15 is 0 Å². The molecule has 0 saturated carbocycles. The van der Waals surface area contributed by atoms with Gasteiger partial charge in [-0.25, -0.2) is 0 Å². The van der Waals surface area contributed by atoms with Crippen LogP contribution in [0.15, 0.2) is 24.5 Å². The van der Waals surface area contributed by atoms with E-state index in [9.17, 15) is 4.79 Å². The molecule has 0 fully saturated rings. The van der Waals surface area contributed by atoms with Crippen LogP contribution in [0.3, 0.4) is 0 Å². The van der Waals surface area contributed by atoms with Crippen molar-refractivity contribution in [1.29, 1.82) is 0 Å². The number of amides is 1. The third-order valence-corrected chi connectivity index (χ3v) is 2.44. The summed E-state index contributed by atoms with van der Waals surface area (Å²) in [7, 11) is 1.82. The summed E-state index contributed by atoms with van der Waals surface area (Å²) in [5.74, 6) is 0.154. The molecule has 0 aliphatic heterocycles. The van der Waals surface area contributed by atoms with Crippen molar-refractivity contribution in [3.8, 4) is 0 Å². The maximum Gasteiger partial charge on any atom is 0.222 e. The predicted molar refractivity (Wildman–Crippen MR) is 55.7 cm³/mol. The molecule has 0 radical (unpaired) electrons. The first-order valence-corrected chi connectivity index (χ1v) is 4.82. The smallest absolute Gasteiger partial charge is 0.222 e. The summed E-state index contributed by atoms with van der Waals surface area (Å²) >= 11 is 0. The minimum atomic E-state index is 0.0937. The zero-order chi connectivity index (χ0) is 10.6. The zero-order valence-electron chi connectivity index (χ0n) is 8.90. The summed E-state index contributed by atoms with van der Waals surface area (Å²) in [6, 6.07) is 3.96. The van der Waals surface area contributed by atoms with Crippen LogP contribution >= 0.6 is 0 Å². The van der Waals surface area contributed by atoms with Crippen LogP contribution in [0.25, 0.3) is 0 Å². The van der Waals surface area contributed by atoms with Crippen LogP contribution in [0.4, 0.5) is 0 Å². The predicted octanol–water partition coefficient (Wildman–Crippen LogP) is 2.01. The third kappa shape index (κ3) is 2.31. The second-order valence-corrected chi connectivity index (χ2v) is 3.32. The Bertz CT molecular complexity index is 297. The quantitative estimate of drug-likeness (QED) is 0.734. The van der Waals surface area contributed by atoms with Crippen molar-refractivity contribution in [3.05, 3.63) is 30.1 Å². The largest absolute Gasteiger partial charge is 0.339 e. The van der Waals surface area contributed by atoms with Gasteiger partial charge in [-0.15, -0.1) is 0 Å². The van der Waals surface area contributed by atoms with Gasteiger partial charge in [0.05, 0.1) is 6.04 Å². The Kier molecular flexibility index (Phi) is 3.63. The summed E-state index contributed by atoms with van der Waals surface area (Å²) in [5.41, 5.74) is 1.07. The van der Waals surface area contributed by atoms with Crippen LogP contribution in [0.5, 0.6) is 0 Å². The third-order valence-electron chi connectivity index (χ3n) is 2.44. The molecule has 1 amide bonds. The summed E-state index contributed by atoms with van der Waals surface area (Å²) in [6.07, 6.45) is 4.07. The van der Waals surface area contributed by atoms with E-state index in [2.05, 4.69) is 4.98 Å². The van der Waals surface area contributed by atoms with Gasteiger partial charge in [-0.05, 0) is 18.6 Å². The molecule has 0 unspecified atom stereocenters. The minimum Gasteiger partial charge on any atom is -0.339 e. The number of hydrogen-bond donors (Lipinski definition) is 0. The van der Waals surface area contributed by atoms with E-state index in [1.165, 1.54) is 0 Å². The number of rotatable bonds is 3. The average Bonchev–Trinajstić information content (AvgIpc) is 2.27. The number of nitrogens with zero attached hydrogens (tertiary/aromatic N) is 2. The van der Waals surface area contributed by atoms with Gasteiger partial charge in [0.15, 0.2) is 0 Å². The molecule has 0 aromatic carbocycles. The molecular weight excluding hydrogens is 176 g/mol. The van der Waals surface area contributed by atoms with E-state index in [4.69, 9.17) is 0 Å². The van der Waals surface area contributed by atoms with Crippen LogP contribution in [-0.2, 0) is 4.79 Å². The molecule has 0 bridgehead atoms. The lowest BCUT2D eigenvalue weighted by molar-refractivity contribution is -0.131. The molecule has 1 heterocycles. The normalized spacial score (nSPS) is 12.2. The number of pyridine rings is 1. The molecule has 1 aromatic heterocycles. The van der Waals surface area contributed by atoms with Crippen LogP contribution < -0.4 is 0 Å². The number of carbonyl (C=O) groups is 1. The van der Waals surface area contributed by atoms with Crippen molar-refractivity contribution in [3.63, 3.8) is 0 Å². The van der Waals surface area contributed by atoms with Gasteiger partial charge in [-0.3, -0.25) is 9.78 Å². The first kappa shape index (κ1) is 10.7. The molecule has 0 aliphatic carbocycles. The van der Waals surface area contributed by atoms with E-state index in [1.54, 1.807) is 17.3 Å². The molecule has 3 heteroatoms. The average molecular weight is 192 g/mol. The highest BCUT2D eigenvalue weighted by Gasteiger charge is 2.15. The number of carbonyl (C=O) groups excluding carboxylic acids is 1. The van der Waals surface area contributed by atoms with Crippen molar-refractivity contribution >= 4 is 5.91 Å². The maximum atomic E-state index is 11.4. The van der Waals surface area contributed by atoms with Crippen molar-refractivity contribution in [2.24, 2.45) is 0 Å². The van der Waals surface area contributed by atoms with Gasteiger partial charge < -0.3 is 4.90 Å². The van der Waals surface area contributed by atoms with E-state index in [0.29, 0.717) is 6.42 Å². The molecule has 76 valence electrons. The van der Waals surface area contributed by atoms with Crippen molar-refractivity contribution < 1.29 is 4.79 Å². The fourth-order valence-electron chi connectivity index (χ4n) is 1.31. The standard InChI is InChI=1S/C11H16N2O/c1-4-11(14)13(3)9(2)10-6-5-7-12-8-10/h5-9H,4H2,1-3H3/t9-/m1/s1. The molecule has 1 aromatic rings. The highest BCUT2D eigenvalue weighted by atomic mass is 16.2. The first-order chi connectivity index (χ1) is 6.66. The lowest BCUT2D eigenvalue weighted by Gasteiger charge is -2.24. The number of aromatic nitrogens is 1. The molecule has 0 N–H and O–H groups in total. The molecule has 0 saturated heterocycles. The van der Waals surface area contributed by atoms with E-state index in [1.807, 2.05) is 33.0 Å². The van der Waals surface area contributed by atoms with Gasteiger partial charge in [0, 0.05) is 25.9 Å². The highest BCUT2D eigenvalue weighted by Crippen LogP contribution is 2.17. The monoisotopic (exact) mass is 192 g/mol. The van der Waals surface area contributed by atoms with Crippen LogP contribution in [0, 0.1) is 0 Å². The second kappa shape index (κ2) is 4.74. The summed E-state index contributed by atoms with van der Waals surface area (Å²) in [5, 5.41) is 0. The molecule has 3 nitrogen and oxygen atoms in total. The molecule has 0 spiro atoms. The fraction of sp³-hybridized carbons (Fsp3) is 0.455. The van der Waals surface area contributed by atoms with Crippen LogP contribution in [0.1, 0.15) is 31.9 Å². The first-order valence-electron chi connectivity index (χ1n) is 4.82. The maximum absolute atomic E-state index is 11.4. The second-order valence-electron chi connectivity index (χ2n) is 3.32. The number of hydrogen-bond acceptors (Lipinski definition) is 2. The van der Waals surface area contributed by atoms with Crippen LogP contribution in [-0.4, -0.2) is 22.8 Å². The van der Waals surface area contributed by atoms with Crippen molar-refractivity contribution in [2.75, 3.05) is 7.05 Å². The molecule has 0 aliphatic rings. The van der Waals surface area contributed by atoms with Gasteiger partial charge in [-0.2, -0.15) is 0 Å². The molecule has 1 atom stereocenters. The minimum absolute atomic E-state index is 0.0937. The molecular formula is C11H16N2O. The van der Waals surface area contributed by atoms with Crippen molar-refractivity contribution in [1.82, 2.24) is 9.88 Å². The van der Waals surface area contributed by atoms with Crippen LogP contribution in [0.2, 0.25) is 0 Å². The van der Waals surface area contributed by atoms with Gasteiger partial charge in [0.25, 0.3) is 0 Å². The summed E-state index contributed by atoms with van der Waals surface area (Å²) in [4.78, 5) is 17.2. The van der Waals surface area contributed by atoms with Crippen molar-refractivity contribution in [2.45, 2.75) is 26.3 Å².